The van der Waals surface area contributed by atoms with E-state index >= 15 is 0 Å². The van der Waals surface area contributed by atoms with E-state index in [1.807, 2.05) is 0 Å². The molecule has 32 heavy (non-hydrogen) atoms. The molecule has 2 aromatic rings. The number of hydrogen-bond acceptors (Lipinski definition) is 6. The Morgan fingerprint density at radius 2 is 2.03 bits per heavy atom. The maximum absolute atomic E-state index is 12.8. The summed E-state index contributed by atoms with van der Waals surface area (Å²) in [5.41, 5.74) is 2.75. The molecule has 7 nitrogen and oxygen atoms in total. The molecule has 0 saturated carbocycles. The van der Waals surface area contributed by atoms with Crippen molar-refractivity contribution in [2.45, 2.75) is 42.9 Å². The Morgan fingerprint density at radius 1 is 1.25 bits per heavy atom. The minimum absolute atomic E-state index is 0.0412. The smallest absolute Gasteiger partial charge is 0.308 e. The standard InChI is InChI=1S/C23H21ClN2O5S/c1-12(22(29)15-3-5-18-14(9-15)7-8-26(18)13(2)27)31-21(28)11-20-23(30)25-17-10-16(24)4-6-19(17)32-20/h3-6,9-10,12,20H,7-8,11H2,1-2H3,(H,25,30)/t12-,20+/m1/s1. The first-order valence-corrected chi connectivity index (χ1v) is 11.4. The van der Waals surface area contributed by atoms with Gasteiger partial charge in [-0.25, -0.2) is 0 Å². The van der Waals surface area contributed by atoms with Crippen molar-refractivity contribution in [2.75, 3.05) is 16.8 Å². The van der Waals surface area contributed by atoms with Crippen molar-refractivity contribution in [3.8, 4) is 0 Å². The number of amides is 2. The minimum atomic E-state index is -0.992. The van der Waals surface area contributed by atoms with Gasteiger partial charge in [0.1, 0.15) is 0 Å². The Hall–Kier alpha value is -2.84. The van der Waals surface area contributed by atoms with Crippen LogP contribution in [0.15, 0.2) is 41.3 Å². The Balaban J connectivity index is 1.38. The molecule has 2 atom stereocenters. The quantitative estimate of drug-likeness (QED) is 0.524. The van der Waals surface area contributed by atoms with Gasteiger partial charge in [0.05, 0.1) is 17.4 Å². The number of nitrogens with one attached hydrogen (secondary N) is 1. The van der Waals surface area contributed by atoms with Gasteiger partial charge in [-0.1, -0.05) is 11.6 Å². The number of anilines is 2. The first-order chi connectivity index (χ1) is 15.2. The topological polar surface area (TPSA) is 92.8 Å². The number of benzene rings is 2. The molecule has 2 aliphatic heterocycles. The number of Topliss-reactive ketones (excluding diaryl/α,β-unsaturated/α-hetero) is 1. The maximum atomic E-state index is 12.8. The first kappa shape index (κ1) is 22.4. The van der Waals surface area contributed by atoms with Gasteiger partial charge >= 0.3 is 5.97 Å². The summed E-state index contributed by atoms with van der Waals surface area (Å²) in [5.74, 6) is -1.31. The number of hydrogen-bond donors (Lipinski definition) is 1. The third kappa shape index (κ3) is 4.52. The lowest BCUT2D eigenvalue weighted by molar-refractivity contribution is -0.147. The van der Waals surface area contributed by atoms with Crippen molar-refractivity contribution >= 4 is 58.3 Å². The molecule has 0 spiro atoms. The maximum Gasteiger partial charge on any atom is 0.308 e. The van der Waals surface area contributed by atoms with Gasteiger partial charge in [-0.3, -0.25) is 19.2 Å². The number of fused-ring (bicyclic) bond motifs is 2. The van der Waals surface area contributed by atoms with E-state index in [4.69, 9.17) is 16.3 Å². The number of carbonyl (C=O) groups is 4. The molecule has 0 saturated heterocycles. The third-order valence-corrected chi connectivity index (χ3v) is 6.94. The summed E-state index contributed by atoms with van der Waals surface area (Å²) in [6.45, 7) is 3.61. The zero-order valence-corrected chi connectivity index (χ0v) is 19.1. The lowest BCUT2D eigenvalue weighted by Gasteiger charge is -2.24. The molecular weight excluding hydrogens is 452 g/mol. The SMILES string of the molecule is CC(=O)N1CCc2cc(C(=O)[C@@H](C)OC(=O)C[C@@H]3Sc4ccc(Cl)cc4NC3=O)ccc21. The van der Waals surface area contributed by atoms with E-state index in [1.165, 1.54) is 25.6 Å². The Bertz CT molecular complexity index is 1140. The number of nitrogens with zero attached hydrogens (tertiary/aromatic N) is 1. The Labute approximate surface area is 194 Å². The molecular formula is C23H21ClN2O5S. The van der Waals surface area contributed by atoms with E-state index in [0.29, 0.717) is 29.2 Å². The second-order valence-corrected chi connectivity index (χ2v) is 9.38. The molecule has 2 aromatic carbocycles. The van der Waals surface area contributed by atoms with Crippen LogP contribution in [0.2, 0.25) is 5.02 Å². The molecule has 0 bridgehead atoms. The number of esters is 1. The second-order valence-electron chi connectivity index (χ2n) is 7.70. The summed E-state index contributed by atoms with van der Waals surface area (Å²) in [6.07, 6.45) is -0.479. The fourth-order valence-electron chi connectivity index (χ4n) is 3.82. The first-order valence-electron chi connectivity index (χ1n) is 10.1. The van der Waals surface area contributed by atoms with Crippen molar-refractivity contribution in [1.29, 1.82) is 0 Å². The molecule has 9 heteroatoms. The molecule has 1 N–H and O–H groups in total. The summed E-state index contributed by atoms with van der Waals surface area (Å²) in [5, 5.41) is 2.60. The van der Waals surface area contributed by atoms with Gasteiger partial charge in [0.2, 0.25) is 17.6 Å². The largest absolute Gasteiger partial charge is 0.454 e. The highest BCUT2D eigenvalue weighted by Crippen LogP contribution is 2.38. The second kappa shape index (κ2) is 8.96. The van der Waals surface area contributed by atoms with Gasteiger partial charge in [0.25, 0.3) is 0 Å². The highest BCUT2D eigenvalue weighted by molar-refractivity contribution is 8.01. The summed E-state index contributed by atoms with van der Waals surface area (Å²) < 4.78 is 5.34. The van der Waals surface area contributed by atoms with Gasteiger partial charge < -0.3 is 15.0 Å². The number of ketones is 1. The normalized spacial score (nSPS) is 17.8. The monoisotopic (exact) mass is 472 g/mol. The number of thioether (sulfide) groups is 1. The lowest BCUT2D eigenvalue weighted by atomic mass is 10.0. The van der Waals surface area contributed by atoms with Gasteiger partial charge in [-0.05, 0) is 55.3 Å². The molecule has 0 aliphatic carbocycles. The van der Waals surface area contributed by atoms with Crippen LogP contribution in [-0.2, 0) is 25.5 Å². The van der Waals surface area contributed by atoms with Crippen LogP contribution in [0, 0.1) is 0 Å². The van der Waals surface area contributed by atoms with Crippen LogP contribution in [0.25, 0.3) is 0 Å². The summed E-state index contributed by atoms with van der Waals surface area (Å²) >= 11 is 7.21. The third-order valence-electron chi connectivity index (χ3n) is 5.43. The molecule has 2 heterocycles. The molecule has 0 unspecified atom stereocenters. The highest BCUT2D eigenvalue weighted by atomic mass is 35.5. The lowest BCUT2D eigenvalue weighted by Crippen LogP contribution is -2.33. The fourth-order valence-corrected chi connectivity index (χ4v) is 5.07. The Morgan fingerprint density at radius 3 is 2.78 bits per heavy atom. The number of carbonyl (C=O) groups excluding carboxylic acids is 4. The van der Waals surface area contributed by atoms with Gasteiger partial charge in [0.15, 0.2) is 6.10 Å². The van der Waals surface area contributed by atoms with Crippen LogP contribution in [0.1, 0.15) is 36.2 Å². The molecule has 2 aliphatic rings. The van der Waals surface area contributed by atoms with E-state index in [9.17, 15) is 19.2 Å². The van der Waals surface area contributed by atoms with Crippen LogP contribution in [-0.4, -0.2) is 41.5 Å². The van der Waals surface area contributed by atoms with Crippen molar-refractivity contribution in [2.24, 2.45) is 0 Å². The summed E-state index contributed by atoms with van der Waals surface area (Å²) in [7, 11) is 0. The zero-order valence-electron chi connectivity index (χ0n) is 17.5. The predicted octanol–water partition coefficient (Wildman–Crippen LogP) is 3.87. The highest BCUT2D eigenvalue weighted by Gasteiger charge is 2.31. The van der Waals surface area contributed by atoms with Crippen molar-refractivity contribution in [3.63, 3.8) is 0 Å². The van der Waals surface area contributed by atoms with Crippen LogP contribution < -0.4 is 10.2 Å². The van der Waals surface area contributed by atoms with Crippen LogP contribution in [0.4, 0.5) is 11.4 Å². The average molecular weight is 473 g/mol. The minimum Gasteiger partial charge on any atom is -0.454 e. The van der Waals surface area contributed by atoms with Crippen LogP contribution in [0.5, 0.6) is 0 Å². The van der Waals surface area contributed by atoms with E-state index in [0.717, 1.165) is 16.1 Å². The van der Waals surface area contributed by atoms with Gasteiger partial charge in [0, 0.05) is 34.6 Å². The van der Waals surface area contributed by atoms with Crippen LogP contribution in [0.3, 0.4) is 0 Å². The van der Waals surface area contributed by atoms with Gasteiger partial charge in [-0.15, -0.1) is 11.8 Å². The van der Waals surface area contributed by atoms with E-state index in [1.54, 1.807) is 41.3 Å². The average Bonchev–Trinajstić information content (AvgIpc) is 3.17. The number of rotatable bonds is 5. The van der Waals surface area contributed by atoms with Crippen molar-refractivity contribution < 1.29 is 23.9 Å². The molecule has 2 amide bonds. The molecule has 0 radical (unpaired) electrons. The Kier molecular flexibility index (Phi) is 6.26. The molecule has 4 rings (SSSR count). The van der Waals surface area contributed by atoms with Crippen molar-refractivity contribution in [1.82, 2.24) is 0 Å². The molecule has 0 fully saturated rings. The number of halogens is 1. The molecule has 0 aromatic heterocycles. The van der Waals surface area contributed by atoms with Crippen molar-refractivity contribution in [3.05, 3.63) is 52.5 Å². The molecule has 166 valence electrons. The zero-order chi connectivity index (χ0) is 23.0. The van der Waals surface area contributed by atoms with E-state index < -0.39 is 17.3 Å². The number of ether oxygens (including phenoxy) is 1. The predicted molar refractivity (Wildman–Crippen MR) is 122 cm³/mol. The van der Waals surface area contributed by atoms with Crippen LogP contribution >= 0.6 is 23.4 Å². The van der Waals surface area contributed by atoms with Gasteiger partial charge in [-0.2, -0.15) is 0 Å². The summed E-state index contributed by atoms with van der Waals surface area (Å²) in [6, 6.07) is 10.3. The van der Waals surface area contributed by atoms with E-state index in [2.05, 4.69) is 5.32 Å². The fraction of sp³-hybridized carbons (Fsp3) is 0.304. The van der Waals surface area contributed by atoms with E-state index in [-0.39, 0.29) is 24.0 Å². The summed E-state index contributed by atoms with van der Waals surface area (Å²) in [4.78, 5) is 51.8.